The molecule has 2 aromatic carbocycles. The number of fused-ring (bicyclic) bond motifs is 1. The zero-order valence-corrected chi connectivity index (χ0v) is 18.5. The lowest BCUT2D eigenvalue weighted by atomic mass is 9.89. The molecular formula is C26H34N2O2. The van der Waals surface area contributed by atoms with E-state index in [1.807, 2.05) is 29.7 Å². The number of carbonyl (C=O) groups excluding carboxylic acids is 2. The summed E-state index contributed by atoms with van der Waals surface area (Å²) in [6.45, 7) is 9.07. The zero-order valence-electron chi connectivity index (χ0n) is 18.5. The largest absolute Gasteiger partial charge is 0.342 e. The van der Waals surface area contributed by atoms with E-state index < -0.39 is 0 Å². The third kappa shape index (κ3) is 5.71. The SMILES string of the molecule is CC(=O)N1CCc2ccccc2C1.CC(C)C(=O)N1CCC(c2ccccc2)CC1. The molecule has 2 aliphatic heterocycles. The molecule has 0 aliphatic carbocycles. The van der Waals surface area contributed by atoms with Gasteiger partial charge in [-0.25, -0.2) is 0 Å². The molecule has 0 aromatic heterocycles. The second-order valence-electron chi connectivity index (χ2n) is 8.62. The lowest BCUT2D eigenvalue weighted by molar-refractivity contribution is -0.135. The minimum absolute atomic E-state index is 0.128. The molecule has 4 heteroatoms. The van der Waals surface area contributed by atoms with Gasteiger partial charge in [0.05, 0.1) is 0 Å². The van der Waals surface area contributed by atoms with Crippen molar-refractivity contribution < 1.29 is 9.59 Å². The van der Waals surface area contributed by atoms with Gasteiger partial charge in [0.15, 0.2) is 0 Å². The molecule has 0 spiro atoms. The molecule has 2 aromatic rings. The molecule has 0 radical (unpaired) electrons. The van der Waals surface area contributed by atoms with Gasteiger partial charge >= 0.3 is 0 Å². The number of hydrogen-bond acceptors (Lipinski definition) is 2. The van der Waals surface area contributed by atoms with Crippen molar-refractivity contribution in [1.82, 2.24) is 9.80 Å². The number of hydrogen-bond donors (Lipinski definition) is 0. The Morgan fingerprint density at radius 2 is 1.43 bits per heavy atom. The van der Waals surface area contributed by atoms with Crippen LogP contribution in [0.3, 0.4) is 0 Å². The second kappa shape index (κ2) is 10.4. The van der Waals surface area contributed by atoms with Crippen LogP contribution in [0.2, 0.25) is 0 Å². The van der Waals surface area contributed by atoms with Gasteiger partial charge in [0, 0.05) is 39.0 Å². The maximum Gasteiger partial charge on any atom is 0.225 e. The predicted octanol–water partition coefficient (Wildman–Crippen LogP) is 4.64. The highest BCUT2D eigenvalue weighted by molar-refractivity contribution is 5.78. The fourth-order valence-corrected chi connectivity index (χ4v) is 4.29. The highest BCUT2D eigenvalue weighted by Gasteiger charge is 2.24. The Hall–Kier alpha value is -2.62. The number of benzene rings is 2. The number of nitrogens with zero attached hydrogens (tertiary/aromatic N) is 2. The minimum atomic E-state index is 0.128. The predicted molar refractivity (Wildman–Crippen MR) is 121 cm³/mol. The minimum Gasteiger partial charge on any atom is -0.342 e. The fourth-order valence-electron chi connectivity index (χ4n) is 4.29. The van der Waals surface area contributed by atoms with Gasteiger partial charge in [-0.2, -0.15) is 0 Å². The topological polar surface area (TPSA) is 40.6 Å². The Bertz CT molecular complexity index is 839. The summed E-state index contributed by atoms with van der Waals surface area (Å²) < 4.78 is 0. The van der Waals surface area contributed by atoms with Gasteiger partial charge in [0.1, 0.15) is 0 Å². The first-order valence-electron chi connectivity index (χ1n) is 11.1. The second-order valence-corrected chi connectivity index (χ2v) is 8.62. The fraction of sp³-hybridized carbons (Fsp3) is 0.462. The molecular weight excluding hydrogens is 372 g/mol. The molecule has 4 nitrogen and oxygen atoms in total. The van der Waals surface area contributed by atoms with Gasteiger partial charge in [0.25, 0.3) is 0 Å². The van der Waals surface area contributed by atoms with Crippen LogP contribution in [0.15, 0.2) is 54.6 Å². The molecule has 0 bridgehead atoms. The van der Waals surface area contributed by atoms with Gasteiger partial charge in [-0.3, -0.25) is 9.59 Å². The van der Waals surface area contributed by atoms with E-state index in [0.29, 0.717) is 11.8 Å². The van der Waals surface area contributed by atoms with Crippen LogP contribution < -0.4 is 0 Å². The first-order valence-corrected chi connectivity index (χ1v) is 11.1. The van der Waals surface area contributed by atoms with Crippen molar-refractivity contribution >= 4 is 11.8 Å². The molecule has 2 heterocycles. The van der Waals surface area contributed by atoms with Crippen LogP contribution >= 0.6 is 0 Å². The number of amides is 2. The van der Waals surface area contributed by atoms with Crippen molar-refractivity contribution in [2.24, 2.45) is 5.92 Å². The standard InChI is InChI=1S/C15H21NO.C11H13NO/c1-12(2)15(17)16-10-8-14(9-11-16)13-6-4-3-5-7-13;1-9(13)12-7-6-10-4-2-3-5-11(10)8-12/h3-7,12,14H,8-11H2,1-2H3;2-5H,6-8H2,1H3. The van der Waals surface area contributed by atoms with E-state index in [1.165, 1.54) is 16.7 Å². The summed E-state index contributed by atoms with van der Waals surface area (Å²) in [6, 6.07) is 19.0. The Labute approximate surface area is 180 Å². The number of likely N-dealkylation sites (tertiary alicyclic amines) is 1. The van der Waals surface area contributed by atoms with E-state index in [4.69, 9.17) is 0 Å². The van der Waals surface area contributed by atoms with E-state index in [9.17, 15) is 9.59 Å². The van der Waals surface area contributed by atoms with Crippen molar-refractivity contribution in [2.75, 3.05) is 19.6 Å². The van der Waals surface area contributed by atoms with Crippen molar-refractivity contribution in [2.45, 2.75) is 52.5 Å². The quantitative estimate of drug-likeness (QED) is 0.729. The van der Waals surface area contributed by atoms with Crippen molar-refractivity contribution in [1.29, 1.82) is 0 Å². The summed E-state index contributed by atoms with van der Waals surface area (Å²) >= 11 is 0. The monoisotopic (exact) mass is 406 g/mol. The number of piperidine rings is 1. The summed E-state index contributed by atoms with van der Waals surface area (Å²) in [5.41, 5.74) is 4.10. The molecule has 4 rings (SSSR count). The smallest absolute Gasteiger partial charge is 0.225 e. The van der Waals surface area contributed by atoms with Crippen LogP contribution in [0.1, 0.15) is 56.2 Å². The summed E-state index contributed by atoms with van der Waals surface area (Å²) in [4.78, 5) is 26.9. The highest BCUT2D eigenvalue weighted by atomic mass is 16.2. The highest BCUT2D eigenvalue weighted by Crippen LogP contribution is 2.28. The Morgan fingerprint density at radius 1 is 0.833 bits per heavy atom. The molecule has 0 saturated carbocycles. The van der Waals surface area contributed by atoms with E-state index in [1.54, 1.807) is 6.92 Å². The molecule has 0 N–H and O–H groups in total. The van der Waals surface area contributed by atoms with Gasteiger partial charge in [0.2, 0.25) is 11.8 Å². The van der Waals surface area contributed by atoms with E-state index in [2.05, 4.69) is 48.5 Å². The van der Waals surface area contributed by atoms with Crippen LogP contribution in [-0.4, -0.2) is 41.2 Å². The van der Waals surface area contributed by atoms with Crippen molar-refractivity contribution in [3.8, 4) is 0 Å². The zero-order chi connectivity index (χ0) is 21.5. The van der Waals surface area contributed by atoms with E-state index in [0.717, 1.165) is 45.4 Å². The van der Waals surface area contributed by atoms with Crippen LogP contribution in [0.25, 0.3) is 0 Å². The molecule has 2 aliphatic rings. The summed E-state index contributed by atoms with van der Waals surface area (Å²) in [6.07, 6.45) is 3.20. The van der Waals surface area contributed by atoms with Crippen molar-refractivity contribution in [3.63, 3.8) is 0 Å². The molecule has 0 unspecified atom stereocenters. The average molecular weight is 407 g/mol. The summed E-state index contributed by atoms with van der Waals surface area (Å²) in [7, 11) is 0. The lowest BCUT2D eigenvalue weighted by Gasteiger charge is -2.33. The first kappa shape index (κ1) is 22.1. The Balaban J connectivity index is 0.000000177. The van der Waals surface area contributed by atoms with E-state index in [-0.39, 0.29) is 11.8 Å². The molecule has 1 fully saturated rings. The first-order chi connectivity index (χ1) is 14.5. The van der Waals surface area contributed by atoms with E-state index >= 15 is 0 Å². The molecule has 1 saturated heterocycles. The van der Waals surface area contributed by atoms with Crippen molar-refractivity contribution in [3.05, 3.63) is 71.3 Å². The number of rotatable bonds is 2. The van der Waals surface area contributed by atoms with Gasteiger partial charge in [-0.15, -0.1) is 0 Å². The summed E-state index contributed by atoms with van der Waals surface area (Å²) in [5, 5.41) is 0. The summed E-state index contributed by atoms with van der Waals surface area (Å²) in [5.74, 6) is 1.24. The lowest BCUT2D eigenvalue weighted by Crippen LogP contribution is -2.40. The van der Waals surface area contributed by atoms with Gasteiger partial charge < -0.3 is 9.80 Å². The third-order valence-electron chi connectivity index (χ3n) is 6.15. The Morgan fingerprint density at radius 3 is 2.03 bits per heavy atom. The van der Waals surface area contributed by atoms with Crippen LogP contribution in [0.5, 0.6) is 0 Å². The van der Waals surface area contributed by atoms with Gasteiger partial charge in [-0.05, 0) is 41.9 Å². The molecule has 2 amide bonds. The normalized spacial score (nSPS) is 16.5. The maximum atomic E-state index is 11.9. The van der Waals surface area contributed by atoms with Crippen LogP contribution in [0, 0.1) is 5.92 Å². The maximum absolute atomic E-state index is 11.9. The van der Waals surface area contributed by atoms with Gasteiger partial charge in [-0.1, -0.05) is 68.4 Å². The third-order valence-corrected chi connectivity index (χ3v) is 6.15. The number of carbonyl (C=O) groups is 2. The molecule has 30 heavy (non-hydrogen) atoms. The molecule has 0 atom stereocenters. The van der Waals surface area contributed by atoms with Crippen LogP contribution in [-0.2, 0) is 22.6 Å². The Kier molecular flexibility index (Phi) is 7.67. The molecule has 160 valence electrons. The average Bonchev–Trinajstić information content (AvgIpc) is 2.79. The van der Waals surface area contributed by atoms with Crippen LogP contribution in [0.4, 0.5) is 0 Å².